The molecular formula is C13H16N6. The SMILES string of the molecule is CCc1nnc(NCc2ccn[nH]2)c(C#N)c1CC. The van der Waals surface area contributed by atoms with E-state index in [0.717, 1.165) is 29.8 Å². The number of hydrogen-bond donors (Lipinski definition) is 2. The van der Waals surface area contributed by atoms with Gasteiger partial charge >= 0.3 is 0 Å². The fourth-order valence-electron chi connectivity index (χ4n) is 1.98. The maximum absolute atomic E-state index is 9.33. The van der Waals surface area contributed by atoms with E-state index in [0.29, 0.717) is 17.9 Å². The lowest BCUT2D eigenvalue weighted by atomic mass is 10.0. The van der Waals surface area contributed by atoms with Crippen LogP contribution in [0.4, 0.5) is 5.82 Å². The maximum atomic E-state index is 9.33. The van der Waals surface area contributed by atoms with Crippen molar-refractivity contribution in [3.05, 3.63) is 34.8 Å². The molecule has 2 aromatic heterocycles. The molecule has 0 fully saturated rings. The first-order chi connectivity index (χ1) is 9.30. The molecule has 0 aliphatic rings. The molecule has 0 saturated heterocycles. The zero-order valence-corrected chi connectivity index (χ0v) is 11.1. The first-order valence-corrected chi connectivity index (χ1v) is 6.30. The number of aromatic amines is 1. The Hall–Kier alpha value is -2.42. The summed E-state index contributed by atoms with van der Waals surface area (Å²) < 4.78 is 0. The molecule has 2 rings (SSSR count). The predicted molar refractivity (Wildman–Crippen MR) is 71.4 cm³/mol. The van der Waals surface area contributed by atoms with Gasteiger partial charge < -0.3 is 5.32 Å². The first-order valence-electron chi connectivity index (χ1n) is 6.30. The molecule has 2 heterocycles. The molecule has 0 saturated carbocycles. The minimum absolute atomic E-state index is 0.533. The topological polar surface area (TPSA) is 90.3 Å². The molecule has 98 valence electrons. The van der Waals surface area contributed by atoms with Crippen LogP contribution in [0, 0.1) is 11.3 Å². The number of H-pyrrole nitrogens is 1. The van der Waals surface area contributed by atoms with Gasteiger partial charge in [0.1, 0.15) is 11.6 Å². The molecule has 19 heavy (non-hydrogen) atoms. The van der Waals surface area contributed by atoms with E-state index in [4.69, 9.17) is 0 Å². The summed E-state index contributed by atoms with van der Waals surface area (Å²) in [6, 6.07) is 4.10. The molecule has 0 atom stereocenters. The number of nitrogens with zero attached hydrogens (tertiary/aromatic N) is 4. The Morgan fingerprint density at radius 2 is 2.16 bits per heavy atom. The number of anilines is 1. The van der Waals surface area contributed by atoms with Gasteiger partial charge in [-0.15, -0.1) is 5.10 Å². The largest absolute Gasteiger partial charge is 0.362 e. The van der Waals surface area contributed by atoms with Crippen LogP contribution in [0.2, 0.25) is 0 Å². The van der Waals surface area contributed by atoms with Crippen LogP contribution in [0.1, 0.15) is 36.4 Å². The van der Waals surface area contributed by atoms with Crippen LogP contribution in [-0.4, -0.2) is 20.4 Å². The van der Waals surface area contributed by atoms with Crippen LogP contribution in [0.15, 0.2) is 12.3 Å². The molecule has 0 radical (unpaired) electrons. The fraction of sp³-hybridized carbons (Fsp3) is 0.385. The van der Waals surface area contributed by atoms with E-state index in [1.54, 1.807) is 6.20 Å². The number of aromatic nitrogens is 4. The van der Waals surface area contributed by atoms with Crippen molar-refractivity contribution in [1.29, 1.82) is 5.26 Å². The summed E-state index contributed by atoms with van der Waals surface area (Å²) in [5.74, 6) is 0.533. The molecule has 0 unspecified atom stereocenters. The summed E-state index contributed by atoms with van der Waals surface area (Å²) in [4.78, 5) is 0. The van der Waals surface area contributed by atoms with Crippen LogP contribution < -0.4 is 5.32 Å². The van der Waals surface area contributed by atoms with Crippen molar-refractivity contribution in [2.24, 2.45) is 0 Å². The minimum atomic E-state index is 0.533. The summed E-state index contributed by atoms with van der Waals surface area (Å²) in [5, 5.41) is 27.5. The fourth-order valence-corrected chi connectivity index (χ4v) is 1.98. The molecular weight excluding hydrogens is 240 g/mol. The van der Waals surface area contributed by atoms with Gasteiger partial charge in [-0.25, -0.2) is 0 Å². The van der Waals surface area contributed by atoms with E-state index in [1.165, 1.54) is 0 Å². The lowest BCUT2D eigenvalue weighted by molar-refractivity contribution is 0.865. The van der Waals surface area contributed by atoms with E-state index >= 15 is 0 Å². The third kappa shape index (κ3) is 2.71. The molecule has 0 spiro atoms. The number of hydrogen-bond acceptors (Lipinski definition) is 5. The zero-order valence-electron chi connectivity index (χ0n) is 11.1. The molecule has 0 aromatic carbocycles. The van der Waals surface area contributed by atoms with Crippen LogP contribution in [-0.2, 0) is 19.4 Å². The average Bonchev–Trinajstić information content (AvgIpc) is 2.96. The van der Waals surface area contributed by atoms with E-state index in [1.807, 2.05) is 19.9 Å². The monoisotopic (exact) mass is 256 g/mol. The standard InChI is InChI=1S/C13H16N6/c1-3-10-11(7-14)13(19-18-12(10)4-2)15-8-9-5-6-16-17-9/h5-6H,3-4,8H2,1-2H3,(H,15,19)(H,16,17). The van der Waals surface area contributed by atoms with Crippen molar-refractivity contribution in [3.63, 3.8) is 0 Å². The molecule has 2 N–H and O–H groups in total. The number of nitriles is 1. The van der Waals surface area contributed by atoms with Crippen molar-refractivity contribution in [2.75, 3.05) is 5.32 Å². The second kappa shape index (κ2) is 5.96. The van der Waals surface area contributed by atoms with E-state index in [2.05, 4.69) is 31.8 Å². The van der Waals surface area contributed by atoms with Gasteiger partial charge in [0.15, 0.2) is 5.82 Å². The van der Waals surface area contributed by atoms with Crippen LogP contribution >= 0.6 is 0 Å². The summed E-state index contributed by atoms with van der Waals surface area (Å²) in [7, 11) is 0. The molecule has 6 heteroatoms. The Morgan fingerprint density at radius 1 is 1.32 bits per heavy atom. The normalized spacial score (nSPS) is 10.2. The lowest BCUT2D eigenvalue weighted by Crippen LogP contribution is -2.10. The van der Waals surface area contributed by atoms with E-state index in [-0.39, 0.29) is 0 Å². The summed E-state index contributed by atoms with van der Waals surface area (Å²) in [6.45, 7) is 4.58. The molecule has 0 aliphatic heterocycles. The molecule has 0 bridgehead atoms. The number of aryl methyl sites for hydroxylation is 1. The highest BCUT2D eigenvalue weighted by Gasteiger charge is 2.13. The highest BCUT2D eigenvalue weighted by atomic mass is 15.2. The van der Waals surface area contributed by atoms with Crippen LogP contribution in [0.5, 0.6) is 0 Å². The van der Waals surface area contributed by atoms with Gasteiger partial charge in [0, 0.05) is 6.20 Å². The summed E-state index contributed by atoms with van der Waals surface area (Å²) in [5.41, 5.74) is 3.40. The van der Waals surface area contributed by atoms with Gasteiger partial charge in [0.25, 0.3) is 0 Å². The third-order valence-corrected chi connectivity index (χ3v) is 2.96. The second-order valence-corrected chi connectivity index (χ2v) is 4.10. The van der Waals surface area contributed by atoms with Crippen molar-refractivity contribution >= 4 is 5.82 Å². The van der Waals surface area contributed by atoms with Crippen LogP contribution in [0.3, 0.4) is 0 Å². The smallest absolute Gasteiger partial charge is 0.167 e. The molecule has 2 aromatic rings. The zero-order chi connectivity index (χ0) is 13.7. The lowest BCUT2D eigenvalue weighted by Gasteiger charge is -2.11. The average molecular weight is 256 g/mol. The second-order valence-electron chi connectivity index (χ2n) is 4.10. The Morgan fingerprint density at radius 3 is 2.74 bits per heavy atom. The highest BCUT2D eigenvalue weighted by molar-refractivity contribution is 5.56. The van der Waals surface area contributed by atoms with Crippen LogP contribution in [0.25, 0.3) is 0 Å². The minimum Gasteiger partial charge on any atom is -0.362 e. The third-order valence-electron chi connectivity index (χ3n) is 2.96. The summed E-state index contributed by atoms with van der Waals surface area (Å²) >= 11 is 0. The van der Waals surface area contributed by atoms with Crippen molar-refractivity contribution < 1.29 is 0 Å². The molecule has 0 amide bonds. The van der Waals surface area contributed by atoms with E-state index < -0.39 is 0 Å². The Balaban J connectivity index is 2.28. The molecule has 6 nitrogen and oxygen atoms in total. The Labute approximate surface area is 111 Å². The van der Waals surface area contributed by atoms with Gasteiger partial charge in [-0.05, 0) is 24.5 Å². The maximum Gasteiger partial charge on any atom is 0.167 e. The van der Waals surface area contributed by atoms with Crippen molar-refractivity contribution in [3.8, 4) is 6.07 Å². The van der Waals surface area contributed by atoms with Gasteiger partial charge in [0.2, 0.25) is 0 Å². The first kappa shape index (κ1) is 13.0. The quantitative estimate of drug-likeness (QED) is 0.851. The van der Waals surface area contributed by atoms with Gasteiger partial charge in [-0.1, -0.05) is 13.8 Å². The Kier molecular flexibility index (Phi) is 4.08. The number of nitrogens with one attached hydrogen (secondary N) is 2. The number of rotatable bonds is 5. The van der Waals surface area contributed by atoms with Crippen molar-refractivity contribution in [2.45, 2.75) is 33.2 Å². The Bertz CT molecular complexity index is 582. The van der Waals surface area contributed by atoms with E-state index in [9.17, 15) is 5.26 Å². The van der Waals surface area contributed by atoms with Gasteiger partial charge in [-0.2, -0.15) is 15.5 Å². The van der Waals surface area contributed by atoms with Gasteiger partial charge in [-0.3, -0.25) is 5.10 Å². The highest BCUT2D eigenvalue weighted by Crippen LogP contribution is 2.20. The molecule has 0 aliphatic carbocycles. The predicted octanol–water partition coefficient (Wildman–Crippen LogP) is 1.81. The van der Waals surface area contributed by atoms with Gasteiger partial charge in [0.05, 0.1) is 17.9 Å². The van der Waals surface area contributed by atoms with Crippen molar-refractivity contribution in [1.82, 2.24) is 20.4 Å². The summed E-state index contributed by atoms with van der Waals surface area (Å²) in [6.07, 6.45) is 3.25.